The molecule has 0 bridgehead atoms. The summed E-state index contributed by atoms with van der Waals surface area (Å²) in [6, 6.07) is -0.977. The van der Waals surface area contributed by atoms with Gasteiger partial charge in [0.1, 0.15) is 73.2 Å². The molecule has 12 N–H and O–H groups in total. The molecule has 17 unspecified atom stereocenters. The van der Waals surface area contributed by atoms with Crippen molar-refractivity contribution in [1.29, 1.82) is 0 Å². The molecule has 103 heavy (non-hydrogen) atoms. The maximum atomic E-state index is 13.5. The van der Waals surface area contributed by atoms with E-state index in [1.165, 1.54) is 180 Å². The minimum atomic E-state index is -1.98. The Balaban J connectivity index is 1.32. The molecule has 1 amide bonds. The van der Waals surface area contributed by atoms with E-state index in [1.54, 1.807) is 6.08 Å². The Labute approximate surface area is 622 Å². The van der Waals surface area contributed by atoms with Crippen molar-refractivity contribution < 1.29 is 89.4 Å². The van der Waals surface area contributed by atoms with E-state index in [4.69, 9.17) is 28.4 Å². The van der Waals surface area contributed by atoms with Crippen LogP contribution in [0.4, 0.5) is 0 Å². The molecule has 0 aromatic carbocycles. The zero-order chi connectivity index (χ0) is 74.6. The van der Waals surface area contributed by atoms with Crippen LogP contribution in [0.3, 0.4) is 0 Å². The highest BCUT2D eigenvalue weighted by molar-refractivity contribution is 5.76. The second-order valence-corrected chi connectivity index (χ2v) is 28.9. The van der Waals surface area contributed by atoms with Crippen LogP contribution in [0.5, 0.6) is 0 Å². The lowest BCUT2D eigenvalue weighted by atomic mass is 9.96. The molecule has 0 radical (unpaired) electrons. The number of carbonyl (C=O) groups excluding carboxylic acids is 1. The van der Waals surface area contributed by atoms with Gasteiger partial charge in [-0.15, -0.1) is 0 Å². The highest BCUT2D eigenvalue weighted by Gasteiger charge is 2.54. The Hall–Kier alpha value is -3.29. The van der Waals surface area contributed by atoms with Crippen LogP contribution in [0, 0.1) is 0 Å². The number of hydrogen-bond acceptors (Lipinski definition) is 18. The SMILES string of the molecule is CC/C=C\C/C=C\C/C=C\C/C=C\C/C=C\C/C=C\C/C=C\CCCCCCCCCCCCCCCCCCCC(=O)NC(COC1OC(CO)C(OC2OC(CO)C(OC3OC(CO)C(O)C(O)C3O)C(O)C2O)C(O)C1O)C(O)/C=C/CCCCCCCCCCCCCCCCCCC. The first-order valence-electron chi connectivity index (χ1n) is 41.0. The molecule has 596 valence electrons. The molecule has 0 saturated carbocycles. The number of rotatable bonds is 64. The average Bonchev–Trinajstić information content (AvgIpc) is 0.781. The number of carbonyl (C=O) groups is 1. The molecule has 19 nitrogen and oxygen atoms in total. The summed E-state index contributed by atoms with van der Waals surface area (Å²) in [5.74, 6) is -0.274. The summed E-state index contributed by atoms with van der Waals surface area (Å²) in [4.78, 5) is 13.5. The van der Waals surface area contributed by atoms with E-state index in [0.717, 1.165) is 89.9 Å². The van der Waals surface area contributed by atoms with Crippen molar-refractivity contribution in [3.63, 3.8) is 0 Å². The number of unbranched alkanes of at least 4 members (excludes halogenated alkanes) is 34. The first-order chi connectivity index (χ1) is 50.3. The smallest absolute Gasteiger partial charge is 0.220 e. The summed E-state index contributed by atoms with van der Waals surface area (Å²) >= 11 is 0. The molecule has 17 atom stereocenters. The Morgan fingerprint density at radius 3 is 1.05 bits per heavy atom. The number of allylic oxidation sites excluding steroid dienone is 15. The fraction of sp³-hybridized carbons (Fsp3) is 0.798. The zero-order valence-corrected chi connectivity index (χ0v) is 63.8. The van der Waals surface area contributed by atoms with Crippen molar-refractivity contribution in [1.82, 2.24) is 5.32 Å². The summed E-state index contributed by atoms with van der Waals surface area (Å²) in [7, 11) is 0. The van der Waals surface area contributed by atoms with Gasteiger partial charge >= 0.3 is 0 Å². The van der Waals surface area contributed by atoms with E-state index < -0.39 is 124 Å². The lowest BCUT2D eigenvalue weighted by Crippen LogP contribution is -2.66. The van der Waals surface area contributed by atoms with Crippen molar-refractivity contribution >= 4 is 5.91 Å². The van der Waals surface area contributed by atoms with Gasteiger partial charge in [0.2, 0.25) is 5.91 Å². The molecule has 0 aliphatic carbocycles. The number of nitrogens with one attached hydrogen (secondary N) is 1. The highest BCUT2D eigenvalue weighted by Crippen LogP contribution is 2.33. The van der Waals surface area contributed by atoms with E-state index in [2.05, 4.69) is 104 Å². The summed E-state index contributed by atoms with van der Waals surface area (Å²) in [5.41, 5.74) is 0. The third-order valence-corrected chi connectivity index (χ3v) is 19.9. The predicted molar refractivity (Wildman–Crippen MR) is 411 cm³/mol. The van der Waals surface area contributed by atoms with Gasteiger partial charge in [0, 0.05) is 6.42 Å². The maximum absolute atomic E-state index is 13.5. The largest absolute Gasteiger partial charge is 0.394 e. The number of aliphatic hydroxyl groups excluding tert-OH is 11. The molecular weight excluding hydrogens is 1310 g/mol. The normalized spacial score (nSPS) is 26.6. The standard InChI is InChI=1S/C84H147NO18/c1-3-5-7-9-11-13-15-17-19-21-23-24-25-26-27-28-29-30-31-32-33-34-35-36-37-38-39-40-41-42-44-46-48-50-52-54-56-58-60-62-72(90)85-67(68(89)61-59-57-55-53-51-49-47-45-43-22-20-18-16-14-12-10-8-6-4-2)66-98-82-78(96)75(93)80(70(64-87)100-82)103-84-79(97)76(94)81(71(65-88)101-84)102-83-77(95)74(92)73(91)69(63-86)99-83/h5,7,11,13,17,19,23-24,26-27,29-30,32-33,59,61,67-71,73-84,86-89,91-97H,3-4,6,8-10,12,14-16,18,20-22,25,28,31,34-58,60,62-66H2,1-2H3,(H,85,90)/b7-5-,13-11-,19-17-,24-23-,27-26-,30-29-,33-32-,61-59+. The number of amides is 1. The summed E-state index contributed by atoms with van der Waals surface area (Å²) in [6.45, 7) is 1.64. The van der Waals surface area contributed by atoms with Crippen molar-refractivity contribution in [2.45, 2.75) is 401 Å². The number of aliphatic hydroxyl groups is 11. The van der Waals surface area contributed by atoms with Crippen LogP contribution in [-0.4, -0.2) is 193 Å². The lowest BCUT2D eigenvalue weighted by Gasteiger charge is -2.48. The fourth-order valence-electron chi connectivity index (χ4n) is 13.4. The number of ether oxygens (including phenoxy) is 6. The van der Waals surface area contributed by atoms with Gasteiger partial charge in [-0.1, -0.05) is 310 Å². The van der Waals surface area contributed by atoms with Crippen molar-refractivity contribution in [3.8, 4) is 0 Å². The van der Waals surface area contributed by atoms with Crippen LogP contribution in [0.2, 0.25) is 0 Å². The van der Waals surface area contributed by atoms with Crippen LogP contribution in [0.25, 0.3) is 0 Å². The van der Waals surface area contributed by atoms with Crippen molar-refractivity contribution in [2.75, 3.05) is 26.4 Å². The fourth-order valence-corrected chi connectivity index (χ4v) is 13.4. The van der Waals surface area contributed by atoms with E-state index in [0.29, 0.717) is 6.42 Å². The summed E-state index contributed by atoms with van der Waals surface area (Å²) in [5, 5.41) is 121. The second kappa shape index (κ2) is 63.6. The van der Waals surface area contributed by atoms with Crippen LogP contribution >= 0.6 is 0 Å². The Morgan fingerprint density at radius 1 is 0.359 bits per heavy atom. The van der Waals surface area contributed by atoms with Gasteiger partial charge in [0.15, 0.2) is 18.9 Å². The van der Waals surface area contributed by atoms with Crippen molar-refractivity contribution in [2.24, 2.45) is 0 Å². The monoisotopic (exact) mass is 1460 g/mol. The molecule has 3 aliphatic heterocycles. The van der Waals surface area contributed by atoms with Crippen LogP contribution in [0.1, 0.15) is 296 Å². The molecule has 0 aromatic heterocycles. The van der Waals surface area contributed by atoms with E-state index in [1.807, 2.05) is 6.08 Å². The molecule has 19 heteroatoms. The van der Waals surface area contributed by atoms with Crippen molar-refractivity contribution in [3.05, 3.63) is 97.2 Å². The molecule has 0 aromatic rings. The topological polar surface area (TPSA) is 307 Å². The summed E-state index contributed by atoms with van der Waals surface area (Å²) < 4.78 is 34.4. The average molecular weight is 1460 g/mol. The Morgan fingerprint density at radius 2 is 0.670 bits per heavy atom. The van der Waals surface area contributed by atoms with Crippen LogP contribution in [0.15, 0.2) is 97.2 Å². The quantitative estimate of drug-likeness (QED) is 0.0199. The summed E-state index contributed by atoms with van der Waals surface area (Å²) in [6.07, 6.45) is 59.6. The number of hydrogen-bond donors (Lipinski definition) is 12. The third kappa shape index (κ3) is 43.5. The molecule has 3 heterocycles. The molecule has 3 aliphatic rings. The maximum Gasteiger partial charge on any atom is 0.220 e. The van der Waals surface area contributed by atoms with E-state index >= 15 is 0 Å². The molecule has 3 saturated heterocycles. The molecular formula is C84H147NO18. The van der Waals surface area contributed by atoms with Gasteiger partial charge in [-0.2, -0.15) is 0 Å². The highest BCUT2D eigenvalue weighted by atomic mass is 16.8. The zero-order valence-electron chi connectivity index (χ0n) is 63.8. The van der Waals surface area contributed by atoms with Gasteiger partial charge in [-0.3, -0.25) is 4.79 Å². The van der Waals surface area contributed by atoms with E-state index in [-0.39, 0.29) is 18.9 Å². The Kier molecular flexibility index (Phi) is 58.0. The van der Waals surface area contributed by atoms with Gasteiger partial charge < -0.3 is 89.9 Å². The van der Waals surface area contributed by atoms with Gasteiger partial charge in [-0.05, 0) is 77.0 Å². The minimum Gasteiger partial charge on any atom is -0.394 e. The first kappa shape index (κ1) is 93.9. The molecule has 3 fully saturated rings. The molecule has 3 rings (SSSR count). The van der Waals surface area contributed by atoms with Crippen LogP contribution in [-0.2, 0) is 33.2 Å². The first-order valence-corrected chi connectivity index (χ1v) is 41.0. The van der Waals surface area contributed by atoms with Crippen LogP contribution < -0.4 is 5.32 Å². The second-order valence-electron chi connectivity index (χ2n) is 28.9. The Bertz CT molecular complexity index is 2240. The molecule has 0 spiro atoms. The minimum absolute atomic E-state index is 0.241. The predicted octanol–water partition coefficient (Wildman–Crippen LogP) is 14.0. The lowest BCUT2D eigenvalue weighted by molar-refractivity contribution is -0.379. The van der Waals surface area contributed by atoms with Gasteiger partial charge in [0.25, 0.3) is 0 Å². The van der Waals surface area contributed by atoms with E-state index in [9.17, 15) is 61.0 Å². The van der Waals surface area contributed by atoms with Gasteiger partial charge in [0.05, 0.1) is 38.6 Å². The third-order valence-electron chi connectivity index (χ3n) is 19.9. The van der Waals surface area contributed by atoms with Gasteiger partial charge in [-0.25, -0.2) is 0 Å².